The van der Waals surface area contributed by atoms with Crippen LogP contribution in [0.1, 0.15) is 23.1 Å². The van der Waals surface area contributed by atoms with Crippen LogP contribution in [0.15, 0.2) is 36.4 Å². The molecular weight excluding hydrogens is 435 g/mol. The molecule has 2 heterocycles. The van der Waals surface area contributed by atoms with E-state index < -0.39 is 35.8 Å². The predicted molar refractivity (Wildman–Crippen MR) is 109 cm³/mol. The first-order valence-corrected chi connectivity index (χ1v) is 9.84. The quantitative estimate of drug-likeness (QED) is 0.593. The van der Waals surface area contributed by atoms with Crippen LogP contribution in [0.4, 0.5) is 18.9 Å². The number of aromatic nitrogens is 2. The van der Waals surface area contributed by atoms with Crippen molar-refractivity contribution in [3.8, 4) is 0 Å². The maximum atomic E-state index is 14.0. The highest BCUT2D eigenvalue weighted by atomic mass is 35.5. The van der Waals surface area contributed by atoms with Crippen LogP contribution in [0.3, 0.4) is 0 Å². The lowest BCUT2D eigenvalue weighted by Gasteiger charge is -2.38. The van der Waals surface area contributed by atoms with E-state index in [-0.39, 0.29) is 16.9 Å². The Hall–Kier alpha value is -2.62. The van der Waals surface area contributed by atoms with E-state index in [0.717, 1.165) is 11.6 Å². The second-order valence-electron chi connectivity index (χ2n) is 7.85. The molecule has 0 bridgehead atoms. The fourth-order valence-corrected chi connectivity index (χ4v) is 3.66. The molecule has 1 aliphatic heterocycles. The molecule has 0 unspecified atom stereocenters. The van der Waals surface area contributed by atoms with Crippen molar-refractivity contribution < 1.29 is 27.8 Å². The molecule has 6 nitrogen and oxygen atoms in total. The average molecular weight is 454 g/mol. The summed E-state index contributed by atoms with van der Waals surface area (Å²) in [6, 6.07) is 8.99. The van der Waals surface area contributed by atoms with Crippen molar-refractivity contribution in [2.45, 2.75) is 18.3 Å². The molecule has 3 aromatic rings. The van der Waals surface area contributed by atoms with E-state index in [1.165, 1.54) is 12.1 Å². The van der Waals surface area contributed by atoms with Crippen LogP contribution in [0.25, 0.3) is 11.0 Å². The summed E-state index contributed by atoms with van der Waals surface area (Å²) in [7, 11) is 0. The largest absolute Gasteiger partial charge is 0.390 e. The zero-order valence-electron chi connectivity index (χ0n) is 16.5. The first-order chi connectivity index (χ1) is 14.6. The first-order valence-electron chi connectivity index (χ1n) is 9.46. The number of nitrogens with one attached hydrogen (secondary N) is 1. The molecule has 2 N–H and O–H groups in total. The van der Waals surface area contributed by atoms with E-state index in [9.17, 15) is 18.0 Å². The number of aliphatic hydroxyl groups excluding tert-OH is 1. The molecule has 0 radical (unpaired) electrons. The van der Waals surface area contributed by atoms with Crippen LogP contribution in [0.5, 0.6) is 0 Å². The summed E-state index contributed by atoms with van der Waals surface area (Å²) in [5, 5.41) is 8.50. The van der Waals surface area contributed by atoms with Gasteiger partial charge in [-0.2, -0.15) is 0 Å². The Kier molecular flexibility index (Phi) is 5.45. The van der Waals surface area contributed by atoms with Gasteiger partial charge in [-0.1, -0.05) is 30.7 Å². The molecule has 0 spiro atoms. The Morgan fingerprint density at radius 2 is 2.10 bits per heavy atom. The number of anilines is 1. The minimum atomic E-state index is -3.64. The molecule has 0 aliphatic carbocycles. The second kappa shape index (κ2) is 7.81. The Bertz CT molecular complexity index is 1150. The highest BCUT2D eigenvalue weighted by Crippen LogP contribution is 2.34. The van der Waals surface area contributed by atoms with E-state index in [4.69, 9.17) is 21.4 Å². The second-order valence-corrected chi connectivity index (χ2v) is 8.23. The van der Waals surface area contributed by atoms with Crippen molar-refractivity contribution in [2.75, 3.05) is 31.3 Å². The SMILES string of the molecule is CC1(c2ccc3[nH]c(C(=O)N(CC(F)(F)CO)c4cccc(F)c4Cl)nc3c2)COC1. The van der Waals surface area contributed by atoms with Crippen molar-refractivity contribution in [1.82, 2.24) is 9.97 Å². The average Bonchev–Trinajstić information content (AvgIpc) is 3.15. The molecule has 0 saturated carbocycles. The molecule has 31 heavy (non-hydrogen) atoms. The third-order valence-corrected chi connectivity index (χ3v) is 5.69. The highest BCUT2D eigenvalue weighted by Gasteiger charge is 2.37. The third-order valence-electron chi connectivity index (χ3n) is 5.31. The van der Waals surface area contributed by atoms with Crippen molar-refractivity contribution >= 4 is 34.2 Å². The Balaban J connectivity index is 1.74. The number of halogens is 4. The van der Waals surface area contributed by atoms with Crippen LogP contribution in [-0.4, -0.2) is 53.3 Å². The van der Waals surface area contributed by atoms with Gasteiger partial charge in [-0.05, 0) is 29.8 Å². The van der Waals surface area contributed by atoms with Crippen molar-refractivity contribution in [2.24, 2.45) is 0 Å². The number of carbonyl (C=O) groups is 1. The number of alkyl halides is 2. The van der Waals surface area contributed by atoms with Crippen LogP contribution < -0.4 is 4.90 Å². The first kappa shape index (κ1) is 21.6. The van der Waals surface area contributed by atoms with Crippen molar-refractivity contribution in [3.05, 3.63) is 58.6 Å². The number of imidazole rings is 1. The smallest absolute Gasteiger partial charge is 0.294 e. The number of carbonyl (C=O) groups excluding carboxylic acids is 1. The lowest BCUT2D eigenvalue weighted by Crippen LogP contribution is -2.43. The predicted octanol–water partition coefficient (Wildman–Crippen LogP) is 3.92. The van der Waals surface area contributed by atoms with Crippen LogP contribution in [-0.2, 0) is 10.2 Å². The van der Waals surface area contributed by atoms with Gasteiger partial charge in [0.05, 0.1) is 36.5 Å². The zero-order valence-corrected chi connectivity index (χ0v) is 17.2. The number of fused-ring (bicyclic) bond motifs is 1. The van der Waals surface area contributed by atoms with Crippen LogP contribution >= 0.6 is 11.6 Å². The number of H-pyrrole nitrogens is 1. The van der Waals surface area contributed by atoms with E-state index in [1.54, 1.807) is 6.07 Å². The van der Waals surface area contributed by atoms with Crippen LogP contribution in [0.2, 0.25) is 5.02 Å². The topological polar surface area (TPSA) is 78.5 Å². The number of hydrogen-bond acceptors (Lipinski definition) is 4. The minimum absolute atomic E-state index is 0.151. The monoisotopic (exact) mass is 453 g/mol. The Morgan fingerprint density at radius 1 is 1.35 bits per heavy atom. The van der Waals surface area contributed by atoms with Gasteiger partial charge in [-0.25, -0.2) is 18.2 Å². The molecule has 1 aromatic heterocycles. The van der Waals surface area contributed by atoms with Gasteiger partial charge in [0.25, 0.3) is 11.8 Å². The number of nitrogens with zero attached hydrogens (tertiary/aromatic N) is 2. The number of benzene rings is 2. The molecular formula is C21H19ClF3N3O3. The molecule has 2 aromatic carbocycles. The molecule has 1 amide bonds. The summed E-state index contributed by atoms with van der Waals surface area (Å²) >= 11 is 5.94. The van der Waals surface area contributed by atoms with E-state index >= 15 is 0 Å². The van der Waals surface area contributed by atoms with Gasteiger partial charge in [0.1, 0.15) is 17.4 Å². The third kappa shape index (κ3) is 4.00. The normalized spacial score (nSPS) is 15.7. The highest BCUT2D eigenvalue weighted by molar-refractivity contribution is 6.34. The maximum absolute atomic E-state index is 14.0. The number of hydrogen-bond donors (Lipinski definition) is 2. The summed E-state index contributed by atoms with van der Waals surface area (Å²) in [5.41, 5.74) is 1.60. The molecule has 164 valence electrons. The van der Waals surface area contributed by atoms with Gasteiger partial charge >= 0.3 is 0 Å². The molecule has 0 atom stereocenters. The number of aromatic amines is 1. The molecule has 4 rings (SSSR count). The Morgan fingerprint density at radius 3 is 2.74 bits per heavy atom. The molecule has 1 fully saturated rings. The zero-order chi connectivity index (χ0) is 22.4. The fourth-order valence-electron chi connectivity index (χ4n) is 3.43. The van der Waals surface area contributed by atoms with Gasteiger partial charge in [0.15, 0.2) is 5.82 Å². The summed E-state index contributed by atoms with van der Waals surface area (Å²) in [6.07, 6.45) is 0. The number of aliphatic hydroxyl groups is 1. The van der Waals surface area contributed by atoms with E-state index in [0.29, 0.717) is 29.1 Å². The fraction of sp³-hybridized carbons (Fsp3) is 0.333. The maximum Gasteiger partial charge on any atom is 0.294 e. The molecule has 1 aliphatic rings. The summed E-state index contributed by atoms with van der Waals surface area (Å²) in [5.74, 6) is -5.65. The van der Waals surface area contributed by atoms with Gasteiger partial charge in [0.2, 0.25) is 0 Å². The number of ether oxygens (including phenoxy) is 1. The molecule has 1 saturated heterocycles. The lowest BCUT2D eigenvalue weighted by molar-refractivity contribution is -0.0499. The van der Waals surface area contributed by atoms with Gasteiger partial charge in [0, 0.05) is 5.41 Å². The summed E-state index contributed by atoms with van der Waals surface area (Å²) in [6.45, 7) is 0.478. The molecule has 10 heteroatoms. The summed E-state index contributed by atoms with van der Waals surface area (Å²) in [4.78, 5) is 20.8. The van der Waals surface area contributed by atoms with Crippen molar-refractivity contribution in [3.63, 3.8) is 0 Å². The number of rotatable bonds is 6. The standard InChI is InChI=1S/C21H19ClF3N3O3/c1-20(10-31-11-20)12-5-6-14-15(7-12)27-18(26-14)19(30)28(8-21(24,25)9-29)16-4-2-3-13(23)17(16)22/h2-7,29H,8-11H2,1H3,(H,26,27). The van der Waals surface area contributed by atoms with E-state index in [2.05, 4.69) is 9.97 Å². The minimum Gasteiger partial charge on any atom is -0.390 e. The van der Waals surface area contributed by atoms with E-state index in [1.807, 2.05) is 19.1 Å². The number of amides is 1. The van der Waals surface area contributed by atoms with Crippen molar-refractivity contribution in [1.29, 1.82) is 0 Å². The van der Waals surface area contributed by atoms with Gasteiger partial charge in [-0.3, -0.25) is 9.69 Å². The van der Waals surface area contributed by atoms with Crippen LogP contribution in [0, 0.1) is 5.82 Å². The van der Waals surface area contributed by atoms with Gasteiger partial charge < -0.3 is 14.8 Å². The lowest BCUT2D eigenvalue weighted by atomic mass is 9.81. The Labute approximate surface area is 180 Å². The summed E-state index contributed by atoms with van der Waals surface area (Å²) < 4.78 is 47.2. The van der Waals surface area contributed by atoms with Gasteiger partial charge in [-0.15, -0.1) is 0 Å².